The van der Waals surface area contributed by atoms with Crippen LogP contribution in [0.25, 0.3) is 0 Å². The van der Waals surface area contributed by atoms with Crippen molar-refractivity contribution in [1.82, 2.24) is 4.98 Å². The molecule has 0 N–H and O–H groups in total. The molecule has 0 atom stereocenters. The fourth-order valence-corrected chi connectivity index (χ4v) is 1.75. The molecule has 1 heterocycles. The summed E-state index contributed by atoms with van der Waals surface area (Å²) >= 11 is 0. The topological polar surface area (TPSA) is 30.0 Å². The SMILES string of the molecule is CCc1cccc(C(=O)Cc2cccnc2)c1. The van der Waals surface area contributed by atoms with Gasteiger partial charge in [0.1, 0.15) is 0 Å². The number of aromatic nitrogens is 1. The molecular weight excluding hydrogens is 210 g/mol. The molecule has 0 aliphatic rings. The van der Waals surface area contributed by atoms with Gasteiger partial charge in [-0.2, -0.15) is 0 Å². The third-order valence-corrected chi connectivity index (χ3v) is 2.74. The van der Waals surface area contributed by atoms with Crippen LogP contribution in [0.1, 0.15) is 28.4 Å². The Hall–Kier alpha value is -1.96. The van der Waals surface area contributed by atoms with Gasteiger partial charge in [-0.05, 0) is 29.7 Å². The van der Waals surface area contributed by atoms with Crippen molar-refractivity contribution in [3.8, 4) is 0 Å². The lowest BCUT2D eigenvalue weighted by Gasteiger charge is -2.03. The fraction of sp³-hybridized carbons (Fsp3) is 0.200. The number of hydrogen-bond acceptors (Lipinski definition) is 2. The van der Waals surface area contributed by atoms with E-state index in [0.717, 1.165) is 17.5 Å². The van der Waals surface area contributed by atoms with E-state index in [9.17, 15) is 4.79 Å². The van der Waals surface area contributed by atoms with Crippen molar-refractivity contribution in [2.75, 3.05) is 0 Å². The molecule has 0 aliphatic heterocycles. The van der Waals surface area contributed by atoms with Crippen LogP contribution in [0.2, 0.25) is 0 Å². The number of rotatable bonds is 4. The molecule has 0 radical (unpaired) electrons. The van der Waals surface area contributed by atoms with E-state index in [-0.39, 0.29) is 5.78 Å². The van der Waals surface area contributed by atoms with Crippen LogP contribution in [0, 0.1) is 0 Å². The largest absolute Gasteiger partial charge is 0.294 e. The molecule has 1 aromatic heterocycles. The molecule has 17 heavy (non-hydrogen) atoms. The number of carbonyl (C=O) groups excluding carboxylic acids is 1. The Labute approximate surface area is 101 Å². The van der Waals surface area contributed by atoms with Crippen molar-refractivity contribution in [1.29, 1.82) is 0 Å². The van der Waals surface area contributed by atoms with Crippen LogP contribution in [0.3, 0.4) is 0 Å². The first-order chi connectivity index (χ1) is 8.29. The van der Waals surface area contributed by atoms with E-state index in [2.05, 4.69) is 11.9 Å². The summed E-state index contributed by atoms with van der Waals surface area (Å²) in [5.74, 6) is 0.147. The van der Waals surface area contributed by atoms with E-state index < -0.39 is 0 Å². The average molecular weight is 225 g/mol. The van der Waals surface area contributed by atoms with Gasteiger partial charge in [-0.1, -0.05) is 31.2 Å². The lowest BCUT2D eigenvalue weighted by molar-refractivity contribution is 0.0993. The highest BCUT2D eigenvalue weighted by molar-refractivity contribution is 5.97. The number of pyridine rings is 1. The van der Waals surface area contributed by atoms with E-state index in [1.54, 1.807) is 12.4 Å². The van der Waals surface area contributed by atoms with Crippen molar-refractivity contribution >= 4 is 5.78 Å². The summed E-state index contributed by atoms with van der Waals surface area (Å²) in [5.41, 5.74) is 2.94. The van der Waals surface area contributed by atoms with Gasteiger partial charge in [-0.25, -0.2) is 0 Å². The Balaban J connectivity index is 2.14. The molecule has 0 saturated heterocycles. The number of benzene rings is 1. The normalized spacial score (nSPS) is 10.2. The Kier molecular flexibility index (Phi) is 3.66. The number of ketones is 1. The van der Waals surface area contributed by atoms with Gasteiger partial charge in [0.15, 0.2) is 5.78 Å². The molecule has 0 amide bonds. The van der Waals surface area contributed by atoms with Gasteiger partial charge >= 0.3 is 0 Å². The molecule has 86 valence electrons. The van der Waals surface area contributed by atoms with Crippen molar-refractivity contribution in [3.05, 3.63) is 65.5 Å². The molecule has 2 heteroatoms. The zero-order chi connectivity index (χ0) is 12.1. The van der Waals surface area contributed by atoms with Crippen LogP contribution in [0.15, 0.2) is 48.8 Å². The van der Waals surface area contributed by atoms with Gasteiger partial charge in [0.25, 0.3) is 0 Å². The van der Waals surface area contributed by atoms with E-state index in [1.807, 2.05) is 36.4 Å². The molecule has 0 fully saturated rings. The summed E-state index contributed by atoms with van der Waals surface area (Å²) in [4.78, 5) is 16.1. The summed E-state index contributed by atoms with van der Waals surface area (Å²) in [6, 6.07) is 11.6. The summed E-state index contributed by atoms with van der Waals surface area (Å²) in [5, 5.41) is 0. The Bertz CT molecular complexity index is 505. The van der Waals surface area contributed by atoms with E-state index in [4.69, 9.17) is 0 Å². The van der Waals surface area contributed by atoms with Gasteiger partial charge < -0.3 is 0 Å². The Morgan fingerprint density at radius 1 is 1.18 bits per heavy atom. The van der Waals surface area contributed by atoms with Crippen molar-refractivity contribution < 1.29 is 4.79 Å². The molecule has 0 bridgehead atoms. The Morgan fingerprint density at radius 3 is 2.71 bits per heavy atom. The predicted molar refractivity (Wildman–Crippen MR) is 68.1 cm³/mol. The second kappa shape index (κ2) is 5.39. The number of nitrogens with zero attached hydrogens (tertiary/aromatic N) is 1. The minimum atomic E-state index is 0.147. The third kappa shape index (κ3) is 3.00. The molecule has 0 aliphatic carbocycles. The second-order valence-corrected chi connectivity index (χ2v) is 4.02. The maximum absolute atomic E-state index is 12.1. The van der Waals surface area contributed by atoms with Gasteiger partial charge in [0.05, 0.1) is 0 Å². The molecule has 2 aromatic rings. The van der Waals surface area contributed by atoms with Crippen LogP contribution in [-0.4, -0.2) is 10.8 Å². The predicted octanol–water partition coefficient (Wildman–Crippen LogP) is 3.07. The van der Waals surface area contributed by atoms with Crippen molar-refractivity contribution in [3.63, 3.8) is 0 Å². The molecule has 0 spiro atoms. The van der Waals surface area contributed by atoms with Crippen LogP contribution in [0.5, 0.6) is 0 Å². The smallest absolute Gasteiger partial charge is 0.167 e. The van der Waals surface area contributed by atoms with Crippen LogP contribution < -0.4 is 0 Å². The lowest BCUT2D eigenvalue weighted by Crippen LogP contribution is -2.04. The number of carbonyl (C=O) groups is 1. The van der Waals surface area contributed by atoms with Crippen molar-refractivity contribution in [2.24, 2.45) is 0 Å². The van der Waals surface area contributed by atoms with Crippen molar-refractivity contribution in [2.45, 2.75) is 19.8 Å². The van der Waals surface area contributed by atoms with Crippen LogP contribution in [-0.2, 0) is 12.8 Å². The summed E-state index contributed by atoms with van der Waals surface area (Å²) in [6.45, 7) is 2.09. The number of aryl methyl sites for hydroxylation is 1. The van der Waals surface area contributed by atoms with Gasteiger partial charge in [0, 0.05) is 24.4 Å². The van der Waals surface area contributed by atoms with Gasteiger partial charge in [-0.3, -0.25) is 9.78 Å². The molecule has 0 unspecified atom stereocenters. The summed E-state index contributed by atoms with van der Waals surface area (Å²) < 4.78 is 0. The molecular formula is C15H15NO. The van der Waals surface area contributed by atoms with E-state index in [0.29, 0.717) is 6.42 Å². The summed E-state index contributed by atoms with van der Waals surface area (Å²) in [6.07, 6.45) is 4.82. The first kappa shape index (κ1) is 11.5. The quantitative estimate of drug-likeness (QED) is 0.748. The standard InChI is InChI=1S/C15H15NO/c1-2-12-5-3-7-14(9-12)15(17)10-13-6-4-8-16-11-13/h3-9,11H,2,10H2,1H3. The first-order valence-corrected chi connectivity index (χ1v) is 5.80. The van der Waals surface area contributed by atoms with E-state index >= 15 is 0 Å². The zero-order valence-corrected chi connectivity index (χ0v) is 9.89. The zero-order valence-electron chi connectivity index (χ0n) is 9.89. The van der Waals surface area contributed by atoms with Gasteiger partial charge in [-0.15, -0.1) is 0 Å². The third-order valence-electron chi connectivity index (χ3n) is 2.74. The van der Waals surface area contributed by atoms with E-state index in [1.165, 1.54) is 5.56 Å². The highest BCUT2D eigenvalue weighted by atomic mass is 16.1. The molecule has 2 nitrogen and oxygen atoms in total. The van der Waals surface area contributed by atoms with Crippen LogP contribution >= 0.6 is 0 Å². The van der Waals surface area contributed by atoms with Gasteiger partial charge in [0.2, 0.25) is 0 Å². The minimum Gasteiger partial charge on any atom is -0.294 e. The maximum atomic E-state index is 12.1. The lowest BCUT2D eigenvalue weighted by atomic mass is 10.0. The fourth-order valence-electron chi connectivity index (χ4n) is 1.75. The second-order valence-electron chi connectivity index (χ2n) is 4.02. The molecule has 2 rings (SSSR count). The first-order valence-electron chi connectivity index (χ1n) is 5.80. The number of hydrogen-bond donors (Lipinski definition) is 0. The maximum Gasteiger partial charge on any atom is 0.167 e. The number of Topliss-reactive ketones (excluding diaryl/α,β-unsaturated/α-hetero) is 1. The van der Waals surface area contributed by atoms with Crippen LogP contribution in [0.4, 0.5) is 0 Å². The highest BCUT2D eigenvalue weighted by Gasteiger charge is 2.07. The summed E-state index contributed by atoms with van der Waals surface area (Å²) in [7, 11) is 0. The minimum absolute atomic E-state index is 0.147. The monoisotopic (exact) mass is 225 g/mol. The average Bonchev–Trinajstić information content (AvgIpc) is 2.40. The Morgan fingerprint density at radius 2 is 2.00 bits per heavy atom. The molecule has 1 aromatic carbocycles. The highest BCUT2D eigenvalue weighted by Crippen LogP contribution is 2.09. The molecule has 0 saturated carbocycles.